The average Bonchev–Trinajstić information content (AvgIpc) is 2.38. The van der Waals surface area contributed by atoms with Crippen molar-refractivity contribution >= 4 is 17.5 Å². The van der Waals surface area contributed by atoms with Crippen LogP contribution in [0.4, 0.5) is 4.39 Å². The van der Waals surface area contributed by atoms with Gasteiger partial charge < -0.3 is 5.32 Å². The summed E-state index contributed by atoms with van der Waals surface area (Å²) in [6.07, 6.45) is 0. The quantitative estimate of drug-likeness (QED) is 0.846. The number of carbonyl (C=O) groups excluding carboxylic acids is 1. The van der Waals surface area contributed by atoms with Crippen molar-refractivity contribution in [2.75, 3.05) is 6.54 Å². The minimum absolute atomic E-state index is 0.0556. The van der Waals surface area contributed by atoms with Crippen LogP contribution in [-0.4, -0.2) is 18.5 Å². The molecule has 0 aliphatic carbocycles. The Morgan fingerprint density at radius 3 is 2.50 bits per heavy atom. The molecule has 0 aromatic heterocycles. The molecular formula is C15H22ClFN2O. The van der Waals surface area contributed by atoms with Gasteiger partial charge in [0.05, 0.1) is 11.1 Å². The van der Waals surface area contributed by atoms with E-state index in [1.54, 1.807) is 13.0 Å². The molecule has 1 amide bonds. The van der Waals surface area contributed by atoms with Crippen LogP contribution in [0.2, 0.25) is 5.02 Å². The van der Waals surface area contributed by atoms with Crippen molar-refractivity contribution in [2.45, 2.75) is 39.8 Å². The van der Waals surface area contributed by atoms with Crippen LogP contribution in [0, 0.1) is 11.7 Å². The lowest BCUT2D eigenvalue weighted by molar-refractivity contribution is -0.123. The number of amides is 1. The molecule has 1 aromatic carbocycles. The van der Waals surface area contributed by atoms with Crippen molar-refractivity contribution in [3.05, 3.63) is 34.6 Å². The zero-order chi connectivity index (χ0) is 15.3. The first-order valence-electron chi connectivity index (χ1n) is 6.80. The van der Waals surface area contributed by atoms with E-state index < -0.39 is 5.82 Å². The van der Waals surface area contributed by atoms with Crippen LogP contribution >= 0.6 is 11.6 Å². The van der Waals surface area contributed by atoms with E-state index in [0.717, 1.165) is 5.56 Å². The van der Waals surface area contributed by atoms with E-state index in [1.165, 1.54) is 12.1 Å². The molecule has 112 valence electrons. The summed E-state index contributed by atoms with van der Waals surface area (Å²) in [6, 6.07) is 4.18. The average molecular weight is 301 g/mol. The maximum Gasteiger partial charge on any atom is 0.236 e. The van der Waals surface area contributed by atoms with Crippen LogP contribution in [0.5, 0.6) is 0 Å². The van der Waals surface area contributed by atoms with Crippen molar-refractivity contribution in [3.8, 4) is 0 Å². The second-order valence-corrected chi connectivity index (χ2v) is 5.83. The summed E-state index contributed by atoms with van der Waals surface area (Å²) in [7, 11) is 0. The van der Waals surface area contributed by atoms with Gasteiger partial charge >= 0.3 is 0 Å². The van der Waals surface area contributed by atoms with Crippen molar-refractivity contribution < 1.29 is 9.18 Å². The first kappa shape index (κ1) is 16.9. The summed E-state index contributed by atoms with van der Waals surface area (Å²) in [6.45, 7) is 8.40. The number of rotatable bonds is 6. The van der Waals surface area contributed by atoms with E-state index in [9.17, 15) is 9.18 Å². The Bertz CT molecular complexity index is 465. The number of hydrogen-bond acceptors (Lipinski definition) is 2. The lowest BCUT2D eigenvalue weighted by atomic mass is 10.1. The minimum atomic E-state index is -0.449. The smallest absolute Gasteiger partial charge is 0.236 e. The van der Waals surface area contributed by atoms with Crippen LogP contribution in [0.1, 0.15) is 39.3 Å². The van der Waals surface area contributed by atoms with Crippen molar-refractivity contribution in [1.29, 1.82) is 0 Å². The molecule has 2 N–H and O–H groups in total. The predicted octanol–water partition coefficient (Wildman–Crippen LogP) is 3.29. The highest BCUT2D eigenvalue weighted by molar-refractivity contribution is 6.30. The molecule has 0 saturated carbocycles. The Balaban J connectivity index is 2.58. The van der Waals surface area contributed by atoms with E-state index in [1.807, 2.05) is 20.8 Å². The fraction of sp³-hybridized carbons (Fsp3) is 0.533. The zero-order valence-corrected chi connectivity index (χ0v) is 13.1. The summed E-state index contributed by atoms with van der Waals surface area (Å²) < 4.78 is 13.4. The number of nitrogens with one attached hydrogen (secondary N) is 2. The molecule has 0 saturated heterocycles. The zero-order valence-electron chi connectivity index (χ0n) is 12.3. The first-order chi connectivity index (χ1) is 9.31. The van der Waals surface area contributed by atoms with Gasteiger partial charge in [-0.25, -0.2) is 4.39 Å². The molecule has 0 radical (unpaired) electrons. The lowest BCUT2D eigenvalue weighted by Crippen LogP contribution is -2.44. The third-order valence-electron chi connectivity index (χ3n) is 3.02. The van der Waals surface area contributed by atoms with Crippen LogP contribution in [0.3, 0.4) is 0 Å². The topological polar surface area (TPSA) is 41.1 Å². The molecule has 0 aliphatic rings. The summed E-state index contributed by atoms with van der Waals surface area (Å²) in [5, 5.41) is 6.11. The highest BCUT2D eigenvalue weighted by Gasteiger charge is 2.16. The van der Waals surface area contributed by atoms with E-state index in [-0.39, 0.29) is 23.0 Å². The van der Waals surface area contributed by atoms with Crippen LogP contribution in [0.15, 0.2) is 18.2 Å². The fourth-order valence-electron chi connectivity index (χ4n) is 1.79. The summed E-state index contributed by atoms with van der Waals surface area (Å²) in [5.74, 6) is -0.0938. The maximum absolute atomic E-state index is 13.4. The summed E-state index contributed by atoms with van der Waals surface area (Å²) >= 11 is 5.65. The van der Waals surface area contributed by atoms with Crippen LogP contribution < -0.4 is 10.6 Å². The van der Waals surface area contributed by atoms with Crippen molar-refractivity contribution in [2.24, 2.45) is 5.92 Å². The molecule has 1 aromatic rings. The Morgan fingerprint density at radius 1 is 1.30 bits per heavy atom. The number of hydrogen-bond donors (Lipinski definition) is 2. The van der Waals surface area contributed by atoms with Crippen molar-refractivity contribution in [3.63, 3.8) is 0 Å². The van der Waals surface area contributed by atoms with E-state index in [4.69, 9.17) is 11.6 Å². The van der Waals surface area contributed by atoms with Crippen LogP contribution in [0.25, 0.3) is 0 Å². The predicted molar refractivity (Wildman–Crippen MR) is 80.3 cm³/mol. The third-order valence-corrected chi connectivity index (χ3v) is 3.33. The molecule has 3 nitrogen and oxygen atoms in total. The highest BCUT2D eigenvalue weighted by Crippen LogP contribution is 2.20. The second-order valence-electron chi connectivity index (χ2n) is 5.42. The van der Waals surface area contributed by atoms with Crippen LogP contribution in [-0.2, 0) is 4.79 Å². The Labute approximate surface area is 124 Å². The molecule has 20 heavy (non-hydrogen) atoms. The maximum atomic E-state index is 13.4. The van der Waals surface area contributed by atoms with E-state index in [2.05, 4.69) is 10.6 Å². The SMILES string of the molecule is CC(C)CNC(=O)C(C)NC(C)c1ccc(Cl)c(F)c1. The molecule has 5 heteroatoms. The molecule has 1 rings (SSSR count). The number of benzene rings is 1. The molecule has 0 bridgehead atoms. The first-order valence-corrected chi connectivity index (χ1v) is 7.17. The van der Waals surface area contributed by atoms with Gasteiger partial charge in [-0.2, -0.15) is 0 Å². The van der Waals surface area contributed by atoms with Gasteiger partial charge in [-0.3, -0.25) is 10.1 Å². The molecule has 2 atom stereocenters. The van der Waals surface area contributed by atoms with E-state index >= 15 is 0 Å². The van der Waals surface area contributed by atoms with Gasteiger partial charge in [0.2, 0.25) is 5.91 Å². The molecule has 0 spiro atoms. The van der Waals surface area contributed by atoms with Gasteiger partial charge in [0.1, 0.15) is 5.82 Å². The second kappa shape index (κ2) is 7.60. The molecule has 0 fully saturated rings. The molecule has 2 unspecified atom stereocenters. The third kappa shape index (κ3) is 5.10. The summed E-state index contributed by atoms with van der Waals surface area (Å²) in [5.41, 5.74) is 0.760. The Hall–Kier alpha value is -1.13. The fourth-order valence-corrected chi connectivity index (χ4v) is 1.90. The Morgan fingerprint density at radius 2 is 1.95 bits per heavy atom. The van der Waals surface area contributed by atoms with Gasteiger partial charge in [-0.1, -0.05) is 31.5 Å². The molecule has 0 aliphatic heterocycles. The standard InChI is InChI=1S/C15H22ClFN2O/c1-9(2)8-18-15(20)11(4)19-10(3)12-5-6-13(16)14(17)7-12/h5-7,9-11,19H,8H2,1-4H3,(H,18,20). The van der Waals surface area contributed by atoms with Gasteiger partial charge in [0, 0.05) is 12.6 Å². The monoisotopic (exact) mass is 300 g/mol. The highest BCUT2D eigenvalue weighted by atomic mass is 35.5. The number of carbonyl (C=O) groups is 1. The lowest BCUT2D eigenvalue weighted by Gasteiger charge is -2.20. The van der Waals surface area contributed by atoms with Gasteiger partial charge in [-0.05, 0) is 37.5 Å². The van der Waals surface area contributed by atoms with E-state index in [0.29, 0.717) is 12.5 Å². The largest absolute Gasteiger partial charge is 0.354 e. The minimum Gasteiger partial charge on any atom is -0.354 e. The summed E-state index contributed by atoms with van der Waals surface area (Å²) in [4.78, 5) is 11.9. The van der Waals surface area contributed by atoms with Crippen molar-refractivity contribution in [1.82, 2.24) is 10.6 Å². The molecular weight excluding hydrogens is 279 g/mol. The normalized spacial score (nSPS) is 14.2. The Kier molecular flexibility index (Phi) is 6.43. The number of halogens is 2. The van der Waals surface area contributed by atoms with Gasteiger partial charge in [0.15, 0.2) is 0 Å². The van der Waals surface area contributed by atoms with Gasteiger partial charge in [0.25, 0.3) is 0 Å². The van der Waals surface area contributed by atoms with Gasteiger partial charge in [-0.15, -0.1) is 0 Å². The molecule has 0 heterocycles.